The predicted molar refractivity (Wildman–Crippen MR) is 50.7 cm³/mol. The molecule has 0 aliphatic carbocycles. The Hall–Kier alpha value is -1.31. The molecule has 0 fully saturated rings. The fourth-order valence-corrected chi connectivity index (χ4v) is 1.24. The molecule has 0 radical (unpaired) electrons. The highest BCUT2D eigenvalue weighted by Gasteiger charge is 2.15. The quantitative estimate of drug-likeness (QED) is 0.226. The van der Waals surface area contributed by atoms with E-state index in [9.17, 15) is 13.2 Å². The summed E-state index contributed by atoms with van der Waals surface area (Å²) in [7, 11) is -3.36. The molecule has 0 aliphatic heterocycles. The van der Waals surface area contributed by atoms with Gasteiger partial charge in [0.2, 0.25) is 5.91 Å². The van der Waals surface area contributed by atoms with E-state index in [1.807, 2.05) is 0 Å². The number of nitrogens with one attached hydrogen (secondary N) is 1. The van der Waals surface area contributed by atoms with Gasteiger partial charge in [0.1, 0.15) is 5.75 Å². The van der Waals surface area contributed by atoms with Crippen molar-refractivity contribution in [2.75, 3.05) is 12.0 Å². The maximum Gasteiger partial charge on any atom is 0.235 e. The van der Waals surface area contributed by atoms with E-state index in [-0.39, 0.29) is 5.84 Å². The van der Waals surface area contributed by atoms with Gasteiger partial charge in [-0.05, 0) is 6.92 Å². The van der Waals surface area contributed by atoms with E-state index < -0.39 is 27.5 Å². The normalized spacial score (nSPS) is 14.9. The van der Waals surface area contributed by atoms with Crippen LogP contribution in [-0.2, 0) is 14.6 Å². The molecule has 0 saturated heterocycles. The number of rotatable bonds is 4. The van der Waals surface area contributed by atoms with Gasteiger partial charge >= 0.3 is 0 Å². The van der Waals surface area contributed by atoms with Crippen LogP contribution < -0.4 is 11.1 Å². The fourth-order valence-electron chi connectivity index (χ4n) is 0.682. The second-order valence-corrected chi connectivity index (χ2v) is 5.02. The van der Waals surface area contributed by atoms with Crippen LogP contribution in [0, 0.1) is 0 Å². The van der Waals surface area contributed by atoms with Crippen LogP contribution in [0.5, 0.6) is 0 Å². The van der Waals surface area contributed by atoms with Gasteiger partial charge in [-0.25, -0.2) is 8.42 Å². The molecule has 82 valence electrons. The fraction of sp³-hybridized carbons (Fsp3) is 0.667. The van der Waals surface area contributed by atoms with Crippen LogP contribution in [0.25, 0.3) is 0 Å². The number of carbonyl (C=O) groups is 1. The van der Waals surface area contributed by atoms with Crippen molar-refractivity contribution in [3.8, 4) is 0 Å². The SMILES string of the molecule is CC(NC(=O)CS(C)(=O)=O)C(N)=NO. The molecule has 1 atom stereocenters. The summed E-state index contributed by atoms with van der Waals surface area (Å²) >= 11 is 0. The zero-order valence-electron chi connectivity index (χ0n) is 7.89. The third-order valence-corrected chi connectivity index (χ3v) is 2.12. The first kappa shape index (κ1) is 12.7. The number of amides is 1. The van der Waals surface area contributed by atoms with Gasteiger partial charge in [-0.2, -0.15) is 0 Å². The molecular weight excluding hydrogens is 210 g/mol. The van der Waals surface area contributed by atoms with Crippen LogP contribution in [0.1, 0.15) is 6.92 Å². The third kappa shape index (κ3) is 5.36. The van der Waals surface area contributed by atoms with Crippen LogP contribution in [-0.4, -0.2) is 43.4 Å². The number of nitrogens with zero attached hydrogens (tertiary/aromatic N) is 1. The standard InChI is InChI=1S/C6H13N3O4S/c1-4(6(7)9-11)8-5(10)3-14(2,12)13/h4,11H,3H2,1-2H3,(H2,7,9)(H,8,10). The largest absolute Gasteiger partial charge is 0.409 e. The van der Waals surface area contributed by atoms with Gasteiger partial charge in [-0.3, -0.25) is 4.79 Å². The topological polar surface area (TPSA) is 122 Å². The van der Waals surface area contributed by atoms with Gasteiger partial charge in [-0.1, -0.05) is 5.16 Å². The van der Waals surface area contributed by atoms with E-state index in [0.717, 1.165) is 6.26 Å². The molecule has 1 amide bonds. The van der Waals surface area contributed by atoms with Crippen molar-refractivity contribution in [1.82, 2.24) is 5.32 Å². The molecule has 0 heterocycles. The Morgan fingerprint density at radius 3 is 2.50 bits per heavy atom. The first-order valence-electron chi connectivity index (χ1n) is 3.70. The van der Waals surface area contributed by atoms with Gasteiger partial charge < -0.3 is 16.3 Å². The highest BCUT2D eigenvalue weighted by atomic mass is 32.2. The average Bonchev–Trinajstić information content (AvgIpc) is 1.99. The van der Waals surface area contributed by atoms with Crippen molar-refractivity contribution in [2.45, 2.75) is 13.0 Å². The molecule has 0 saturated carbocycles. The van der Waals surface area contributed by atoms with E-state index in [4.69, 9.17) is 10.9 Å². The lowest BCUT2D eigenvalue weighted by molar-refractivity contribution is -0.118. The summed E-state index contributed by atoms with van der Waals surface area (Å²) < 4.78 is 21.4. The number of sulfone groups is 1. The van der Waals surface area contributed by atoms with Gasteiger partial charge in [-0.15, -0.1) is 0 Å². The number of oxime groups is 1. The van der Waals surface area contributed by atoms with Crippen molar-refractivity contribution in [2.24, 2.45) is 10.9 Å². The molecular formula is C6H13N3O4S. The number of amidine groups is 1. The Morgan fingerprint density at radius 1 is 1.64 bits per heavy atom. The minimum absolute atomic E-state index is 0.188. The first-order chi connectivity index (χ1) is 6.26. The highest BCUT2D eigenvalue weighted by molar-refractivity contribution is 7.91. The Balaban J connectivity index is 4.22. The van der Waals surface area contributed by atoms with Crippen LogP contribution in [0.15, 0.2) is 5.16 Å². The molecule has 0 rings (SSSR count). The molecule has 0 aromatic heterocycles. The monoisotopic (exact) mass is 223 g/mol. The van der Waals surface area contributed by atoms with Crippen LogP contribution >= 0.6 is 0 Å². The molecule has 0 spiro atoms. The van der Waals surface area contributed by atoms with Crippen molar-refractivity contribution in [3.05, 3.63) is 0 Å². The molecule has 14 heavy (non-hydrogen) atoms. The number of hydrogen-bond acceptors (Lipinski definition) is 5. The Kier molecular flexibility index (Phi) is 4.35. The van der Waals surface area contributed by atoms with Crippen molar-refractivity contribution >= 4 is 21.6 Å². The second-order valence-electron chi connectivity index (χ2n) is 2.88. The van der Waals surface area contributed by atoms with E-state index in [1.165, 1.54) is 6.92 Å². The molecule has 4 N–H and O–H groups in total. The van der Waals surface area contributed by atoms with E-state index in [0.29, 0.717) is 0 Å². The summed E-state index contributed by atoms with van der Waals surface area (Å²) in [6, 6.07) is -0.700. The van der Waals surface area contributed by atoms with Crippen molar-refractivity contribution in [3.63, 3.8) is 0 Å². The lowest BCUT2D eigenvalue weighted by atomic mass is 10.3. The minimum Gasteiger partial charge on any atom is -0.409 e. The van der Waals surface area contributed by atoms with Gasteiger partial charge in [0, 0.05) is 6.26 Å². The van der Waals surface area contributed by atoms with Crippen molar-refractivity contribution < 1.29 is 18.4 Å². The maximum absolute atomic E-state index is 11.0. The summed E-state index contributed by atoms with van der Waals surface area (Å²) in [5.41, 5.74) is 5.16. The van der Waals surface area contributed by atoms with Gasteiger partial charge in [0.15, 0.2) is 15.7 Å². The lowest BCUT2D eigenvalue weighted by Gasteiger charge is -2.11. The smallest absolute Gasteiger partial charge is 0.235 e. The molecule has 1 unspecified atom stereocenters. The zero-order valence-corrected chi connectivity index (χ0v) is 8.71. The molecule has 0 aromatic carbocycles. The van der Waals surface area contributed by atoms with Gasteiger partial charge in [0.05, 0.1) is 6.04 Å². The number of hydrogen-bond donors (Lipinski definition) is 3. The first-order valence-corrected chi connectivity index (χ1v) is 5.77. The van der Waals surface area contributed by atoms with Crippen LogP contribution in [0.4, 0.5) is 0 Å². The summed E-state index contributed by atoms with van der Waals surface area (Å²) in [4.78, 5) is 11.0. The summed E-state index contributed by atoms with van der Waals surface area (Å²) in [6.45, 7) is 1.47. The highest BCUT2D eigenvalue weighted by Crippen LogP contribution is 1.86. The van der Waals surface area contributed by atoms with E-state index in [2.05, 4.69) is 10.5 Å². The molecule has 0 aliphatic rings. The number of carbonyl (C=O) groups excluding carboxylic acids is 1. The van der Waals surface area contributed by atoms with Gasteiger partial charge in [0.25, 0.3) is 0 Å². The van der Waals surface area contributed by atoms with E-state index >= 15 is 0 Å². The molecule has 8 heteroatoms. The molecule has 7 nitrogen and oxygen atoms in total. The summed E-state index contributed by atoms with van der Waals surface area (Å²) in [5.74, 6) is -1.49. The average molecular weight is 223 g/mol. The lowest BCUT2D eigenvalue weighted by Crippen LogP contribution is -2.44. The summed E-state index contributed by atoms with van der Waals surface area (Å²) in [5, 5.41) is 13.2. The Labute approximate surface area is 81.9 Å². The zero-order chi connectivity index (χ0) is 11.4. The van der Waals surface area contributed by atoms with Crippen LogP contribution in [0.3, 0.4) is 0 Å². The Morgan fingerprint density at radius 2 is 2.14 bits per heavy atom. The minimum atomic E-state index is -3.36. The summed E-state index contributed by atoms with van der Waals surface area (Å²) in [6.07, 6.45) is 0.945. The second kappa shape index (κ2) is 4.80. The Bertz CT molecular complexity index is 335. The van der Waals surface area contributed by atoms with Crippen LogP contribution in [0.2, 0.25) is 0 Å². The predicted octanol–water partition coefficient (Wildman–Crippen LogP) is -1.72. The van der Waals surface area contributed by atoms with E-state index in [1.54, 1.807) is 0 Å². The molecule has 0 bridgehead atoms. The molecule has 0 aromatic rings. The number of nitrogens with two attached hydrogens (primary N) is 1. The third-order valence-electron chi connectivity index (χ3n) is 1.33. The maximum atomic E-state index is 11.0. The van der Waals surface area contributed by atoms with Crippen molar-refractivity contribution in [1.29, 1.82) is 0 Å².